The first-order valence-electron chi connectivity index (χ1n) is 7.64. The van der Waals surface area contributed by atoms with Crippen LogP contribution in [0.1, 0.15) is 24.2 Å². The molecule has 0 unspecified atom stereocenters. The molecule has 6 heteroatoms. The Morgan fingerprint density at radius 2 is 2.09 bits per heavy atom. The molecule has 0 bridgehead atoms. The second kappa shape index (κ2) is 6.83. The molecule has 0 aliphatic carbocycles. The third-order valence-corrected chi connectivity index (χ3v) is 3.72. The van der Waals surface area contributed by atoms with Gasteiger partial charge in [0.1, 0.15) is 5.56 Å². The predicted octanol–water partition coefficient (Wildman–Crippen LogP) is 1.30. The summed E-state index contributed by atoms with van der Waals surface area (Å²) in [4.78, 5) is 26.6. The number of hydrogen-bond donors (Lipinski definition) is 2. The highest BCUT2D eigenvalue weighted by molar-refractivity contribution is 6.00. The zero-order valence-electron chi connectivity index (χ0n) is 13.7. The number of rotatable bonds is 5. The van der Waals surface area contributed by atoms with Crippen molar-refractivity contribution in [2.45, 2.75) is 20.4 Å². The number of hydrogen-bond acceptors (Lipinski definition) is 4. The van der Waals surface area contributed by atoms with E-state index in [4.69, 9.17) is 10.8 Å². The molecule has 23 heavy (non-hydrogen) atoms. The summed E-state index contributed by atoms with van der Waals surface area (Å²) in [5, 5.41) is 9.37. The number of amides is 1. The number of carbonyl (C=O) groups excluding carboxylic acids is 1. The van der Waals surface area contributed by atoms with E-state index < -0.39 is 5.91 Å². The number of aliphatic hydroxyl groups excluding tert-OH is 1. The molecule has 0 fully saturated rings. The third kappa shape index (κ3) is 3.37. The van der Waals surface area contributed by atoms with Crippen LogP contribution in [0.3, 0.4) is 0 Å². The summed E-state index contributed by atoms with van der Waals surface area (Å²) in [5.74, 6) is -0.0630. The summed E-state index contributed by atoms with van der Waals surface area (Å²) in [7, 11) is 1.56. The fourth-order valence-corrected chi connectivity index (χ4v) is 2.62. The van der Waals surface area contributed by atoms with Gasteiger partial charge in [0, 0.05) is 32.0 Å². The van der Waals surface area contributed by atoms with E-state index in [1.165, 1.54) is 4.90 Å². The molecule has 0 saturated heterocycles. The van der Waals surface area contributed by atoms with E-state index in [2.05, 4.69) is 13.8 Å². The molecule has 124 valence electrons. The number of benzene rings is 1. The molecule has 6 nitrogen and oxygen atoms in total. The minimum atomic E-state index is -0.410. The first-order chi connectivity index (χ1) is 10.9. The fourth-order valence-electron chi connectivity index (χ4n) is 2.62. The van der Waals surface area contributed by atoms with Crippen molar-refractivity contribution < 1.29 is 9.90 Å². The molecule has 2 rings (SSSR count). The van der Waals surface area contributed by atoms with Crippen molar-refractivity contribution in [1.29, 1.82) is 0 Å². The molecule has 0 spiro atoms. The van der Waals surface area contributed by atoms with Crippen molar-refractivity contribution in [2.75, 3.05) is 25.9 Å². The van der Waals surface area contributed by atoms with Gasteiger partial charge < -0.3 is 20.3 Å². The normalized spacial score (nSPS) is 11.2. The number of aromatic nitrogens is 1. The predicted molar refractivity (Wildman–Crippen MR) is 91.5 cm³/mol. The molecule has 0 atom stereocenters. The largest absolute Gasteiger partial charge is 0.398 e. The van der Waals surface area contributed by atoms with Gasteiger partial charge >= 0.3 is 0 Å². The van der Waals surface area contributed by atoms with Crippen LogP contribution < -0.4 is 11.2 Å². The smallest absolute Gasteiger partial charge is 0.259 e. The van der Waals surface area contributed by atoms with Crippen LogP contribution in [-0.2, 0) is 6.54 Å². The van der Waals surface area contributed by atoms with Crippen molar-refractivity contribution in [3.05, 3.63) is 40.2 Å². The van der Waals surface area contributed by atoms with Crippen LogP contribution in [0.2, 0.25) is 0 Å². The summed E-state index contributed by atoms with van der Waals surface area (Å²) in [6, 6.07) is 5.30. The Morgan fingerprint density at radius 1 is 1.39 bits per heavy atom. The van der Waals surface area contributed by atoms with Gasteiger partial charge in [0.25, 0.3) is 5.91 Å². The van der Waals surface area contributed by atoms with Crippen LogP contribution in [0.15, 0.2) is 29.2 Å². The van der Waals surface area contributed by atoms with Gasteiger partial charge in [-0.05, 0) is 18.1 Å². The maximum atomic E-state index is 12.7. The van der Waals surface area contributed by atoms with E-state index in [-0.39, 0.29) is 24.1 Å². The van der Waals surface area contributed by atoms with Gasteiger partial charge in [0.05, 0.1) is 17.5 Å². The van der Waals surface area contributed by atoms with Gasteiger partial charge in [-0.15, -0.1) is 0 Å². The lowest BCUT2D eigenvalue weighted by Crippen LogP contribution is -2.34. The van der Waals surface area contributed by atoms with Crippen molar-refractivity contribution in [1.82, 2.24) is 9.47 Å². The second-order valence-corrected chi connectivity index (χ2v) is 6.11. The zero-order chi connectivity index (χ0) is 17.1. The highest BCUT2D eigenvalue weighted by Gasteiger charge is 2.20. The Balaban J connectivity index is 2.71. The molecule has 2 aromatic rings. The highest BCUT2D eigenvalue weighted by Crippen LogP contribution is 2.20. The van der Waals surface area contributed by atoms with E-state index in [1.54, 1.807) is 25.4 Å². The quantitative estimate of drug-likeness (QED) is 0.814. The van der Waals surface area contributed by atoms with E-state index >= 15 is 0 Å². The minimum Gasteiger partial charge on any atom is -0.398 e. The van der Waals surface area contributed by atoms with Crippen LogP contribution in [0, 0.1) is 5.92 Å². The molecule has 3 N–H and O–H groups in total. The number of likely N-dealkylation sites (N-methyl/N-ethyl adjacent to an activating group) is 1. The number of aliphatic hydroxyl groups is 1. The average Bonchev–Trinajstić information content (AvgIpc) is 2.49. The summed E-state index contributed by atoms with van der Waals surface area (Å²) >= 11 is 0. The SMILES string of the molecule is CC(C)Cn1cc(C(=O)N(C)CCO)c(=O)c2c(N)cccc21. The Hall–Kier alpha value is -2.34. The summed E-state index contributed by atoms with van der Waals surface area (Å²) < 4.78 is 1.90. The topological polar surface area (TPSA) is 88.6 Å². The zero-order valence-corrected chi connectivity index (χ0v) is 13.7. The summed E-state index contributed by atoms with van der Waals surface area (Å²) in [6.45, 7) is 4.82. The number of nitrogen functional groups attached to an aromatic ring is 1. The highest BCUT2D eigenvalue weighted by atomic mass is 16.3. The maximum Gasteiger partial charge on any atom is 0.259 e. The molecule has 1 aromatic heterocycles. The Labute approximate surface area is 135 Å². The van der Waals surface area contributed by atoms with Gasteiger partial charge in [-0.2, -0.15) is 0 Å². The first-order valence-corrected chi connectivity index (χ1v) is 7.64. The molecule has 1 aromatic carbocycles. The number of carbonyl (C=O) groups is 1. The van der Waals surface area contributed by atoms with Crippen molar-refractivity contribution >= 4 is 22.5 Å². The average molecular weight is 317 g/mol. The van der Waals surface area contributed by atoms with Crippen LogP contribution in [0.5, 0.6) is 0 Å². The van der Waals surface area contributed by atoms with E-state index in [0.29, 0.717) is 23.5 Å². The molecular formula is C17H23N3O3. The van der Waals surface area contributed by atoms with Crippen LogP contribution >= 0.6 is 0 Å². The third-order valence-electron chi connectivity index (χ3n) is 3.72. The molecule has 0 aliphatic rings. The van der Waals surface area contributed by atoms with Gasteiger partial charge in [-0.1, -0.05) is 19.9 Å². The lowest BCUT2D eigenvalue weighted by molar-refractivity contribution is 0.0765. The number of anilines is 1. The summed E-state index contributed by atoms with van der Waals surface area (Å²) in [6.07, 6.45) is 1.60. The fraction of sp³-hybridized carbons (Fsp3) is 0.412. The molecule has 0 radical (unpaired) electrons. The van der Waals surface area contributed by atoms with Gasteiger partial charge in [0.15, 0.2) is 0 Å². The van der Waals surface area contributed by atoms with E-state index in [9.17, 15) is 9.59 Å². The maximum absolute atomic E-state index is 12.7. The van der Waals surface area contributed by atoms with Crippen LogP contribution in [0.25, 0.3) is 10.9 Å². The lowest BCUT2D eigenvalue weighted by atomic mass is 10.1. The number of pyridine rings is 1. The van der Waals surface area contributed by atoms with Crippen molar-refractivity contribution in [3.8, 4) is 0 Å². The molecule has 0 saturated carbocycles. The van der Waals surface area contributed by atoms with E-state index in [0.717, 1.165) is 5.52 Å². The van der Waals surface area contributed by atoms with Gasteiger partial charge in [-0.25, -0.2) is 0 Å². The van der Waals surface area contributed by atoms with Crippen molar-refractivity contribution in [2.24, 2.45) is 5.92 Å². The Morgan fingerprint density at radius 3 is 2.70 bits per heavy atom. The number of fused-ring (bicyclic) bond motifs is 1. The minimum absolute atomic E-state index is 0.0759. The molecule has 1 heterocycles. The van der Waals surface area contributed by atoms with Crippen molar-refractivity contribution in [3.63, 3.8) is 0 Å². The number of nitrogens with two attached hydrogens (primary N) is 1. The van der Waals surface area contributed by atoms with E-state index in [1.807, 2.05) is 10.6 Å². The second-order valence-electron chi connectivity index (χ2n) is 6.11. The van der Waals surface area contributed by atoms with Gasteiger partial charge in [0.2, 0.25) is 5.43 Å². The Bertz CT molecular complexity index is 780. The Kier molecular flexibility index (Phi) is 5.05. The van der Waals surface area contributed by atoms with Crippen LogP contribution in [0.4, 0.5) is 5.69 Å². The van der Waals surface area contributed by atoms with Crippen LogP contribution in [-0.4, -0.2) is 40.7 Å². The molecule has 0 aliphatic heterocycles. The molecule has 1 amide bonds. The summed E-state index contributed by atoms with van der Waals surface area (Å²) in [5.41, 5.74) is 6.78. The number of nitrogens with zero attached hydrogens (tertiary/aromatic N) is 2. The monoisotopic (exact) mass is 317 g/mol. The molecular weight excluding hydrogens is 294 g/mol. The first kappa shape index (κ1) is 17.0. The van der Waals surface area contributed by atoms with Gasteiger partial charge in [-0.3, -0.25) is 9.59 Å². The lowest BCUT2D eigenvalue weighted by Gasteiger charge is -2.19. The standard InChI is InChI=1S/C17H23N3O3/c1-11(2)9-20-10-12(17(23)19(3)7-8-21)16(22)15-13(18)5-4-6-14(15)20/h4-6,10-11,21H,7-9,18H2,1-3H3.